The summed E-state index contributed by atoms with van der Waals surface area (Å²) in [4.78, 5) is 12.4. The topological polar surface area (TPSA) is 90.6 Å². The Labute approximate surface area is 201 Å². The molecule has 172 valence electrons. The number of hydrogen-bond donors (Lipinski definition) is 1. The van der Waals surface area contributed by atoms with Crippen molar-refractivity contribution in [3.63, 3.8) is 0 Å². The predicted molar refractivity (Wildman–Crippen MR) is 133 cm³/mol. The number of hydrogen-bond acceptors (Lipinski definition) is 7. The Hall–Kier alpha value is -4.11. The minimum absolute atomic E-state index is 0.128. The average Bonchev–Trinajstić information content (AvgIpc) is 3.32. The summed E-state index contributed by atoms with van der Waals surface area (Å²) in [7, 11) is 3.18. The third kappa shape index (κ3) is 5.44. The van der Waals surface area contributed by atoms with Gasteiger partial charge in [0.25, 0.3) is 5.91 Å². The van der Waals surface area contributed by atoms with Crippen LogP contribution in [-0.4, -0.2) is 46.9 Å². The van der Waals surface area contributed by atoms with Crippen LogP contribution in [0.25, 0.3) is 17.1 Å². The monoisotopic (exact) mass is 473 g/mol. The molecule has 1 aromatic heterocycles. The Kier molecular flexibility index (Phi) is 7.56. The Morgan fingerprint density at radius 3 is 2.38 bits per heavy atom. The molecule has 8 nitrogen and oxygen atoms in total. The highest BCUT2D eigenvalue weighted by Gasteiger charge is 2.18. The first-order valence-electron chi connectivity index (χ1n) is 10.4. The van der Waals surface area contributed by atoms with E-state index in [1.54, 1.807) is 20.4 Å². The van der Waals surface area contributed by atoms with Crippen LogP contribution in [0.3, 0.4) is 0 Å². The molecule has 1 N–H and O–H groups in total. The van der Waals surface area contributed by atoms with E-state index in [2.05, 4.69) is 20.7 Å². The molecule has 0 radical (unpaired) electrons. The average molecular weight is 474 g/mol. The molecule has 4 rings (SSSR count). The normalized spacial score (nSPS) is 10.9. The molecule has 1 heterocycles. The Morgan fingerprint density at radius 2 is 1.68 bits per heavy atom. The zero-order chi connectivity index (χ0) is 23.8. The van der Waals surface area contributed by atoms with Gasteiger partial charge in [0.2, 0.25) is 0 Å². The Balaban J connectivity index is 1.56. The summed E-state index contributed by atoms with van der Waals surface area (Å²) in [5.74, 6) is 1.72. The summed E-state index contributed by atoms with van der Waals surface area (Å²) in [5, 5.41) is 13.4. The maximum absolute atomic E-state index is 12.4. The fourth-order valence-corrected chi connectivity index (χ4v) is 3.96. The smallest absolute Gasteiger partial charge is 0.250 e. The maximum atomic E-state index is 12.4. The maximum Gasteiger partial charge on any atom is 0.250 e. The summed E-state index contributed by atoms with van der Waals surface area (Å²) >= 11 is 1.28. The number of aromatic nitrogens is 3. The number of ether oxygens (including phenoxy) is 2. The molecule has 0 saturated carbocycles. The SMILES string of the molecule is COc1ccc(-c2nnc(SCC(=O)NN=Cc3ccccc3)n2-c2ccccc2)cc1OC. The zero-order valence-corrected chi connectivity index (χ0v) is 19.5. The van der Waals surface area contributed by atoms with E-state index in [1.165, 1.54) is 11.8 Å². The number of rotatable bonds is 9. The van der Waals surface area contributed by atoms with Crippen LogP contribution in [-0.2, 0) is 4.79 Å². The number of amides is 1. The highest BCUT2D eigenvalue weighted by Crippen LogP contribution is 2.34. The molecule has 0 fully saturated rings. The van der Waals surface area contributed by atoms with Crippen LogP contribution in [0.15, 0.2) is 89.1 Å². The van der Waals surface area contributed by atoms with Gasteiger partial charge in [0.15, 0.2) is 22.5 Å². The largest absolute Gasteiger partial charge is 0.493 e. The van der Waals surface area contributed by atoms with Crippen molar-refractivity contribution in [1.29, 1.82) is 0 Å². The second-order valence-corrected chi connectivity index (χ2v) is 7.98. The van der Waals surface area contributed by atoms with Crippen molar-refractivity contribution in [3.8, 4) is 28.6 Å². The van der Waals surface area contributed by atoms with Crippen molar-refractivity contribution in [2.45, 2.75) is 5.16 Å². The molecule has 0 spiro atoms. The van der Waals surface area contributed by atoms with Crippen molar-refractivity contribution >= 4 is 23.9 Å². The molecule has 4 aromatic rings. The lowest BCUT2D eigenvalue weighted by atomic mass is 10.2. The van der Waals surface area contributed by atoms with Crippen LogP contribution in [0, 0.1) is 0 Å². The summed E-state index contributed by atoms with van der Waals surface area (Å²) in [6.07, 6.45) is 1.60. The van der Waals surface area contributed by atoms with E-state index in [-0.39, 0.29) is 11.7 Å². The minimum atomic E-state index is -0.243. The van der Waals surface area contributed by atoms with Crippen LogP contribution in [0.2, 0.25) is 0 Å². The quantitative estimate of drug-likeness (QED) is 0.223. The molecule has 0 aliphatic carbocycles. The molecule has 0 atom stereocenters. The Bertz CT molecular complexity index is 1280. The molecule has 34 heavy (non-hydrogen) atoms. The summed E-state index contributed by atoms with van der Waals surface area (Å²) in [6.45, 7) is 0. The van der Waals surface area contributed by atoms with E-state index in [4.69, 9.17) is 9.47 Å². The van der Waals surface area contributed by atoms with Gasteiger partial charge in [-0.15, -0.1) is 10.2 Å². The van der Waals surface area contributed by atoms with Gasteiger partial charge < -0.3 is 9.47 Å². The number of methoxy groups -OCH3 is 2. The molecular weight excluding hydrogens is 450 g/mol. The molecule has 0 bridgehead atoms. The number of thioether (sulfide) groups is 1. The number of benzene rings is 3. The lowest BCUT2D eigenvalue weighted by Gasteiger charge is -2.12. The van der Waals surface area contributed by atoms with Gasteiger partial charge in [0, 0.05) is 11.3 Å². The molecule has 0 aliphatic heterocycles. The van der Waals surface area contributed by atoms with E-state index in [1.807, 2.05) is 83.4 Å². The van der Waals surface area contributed by atoms with Crippen LogP contribution in [0.5, 0.6) is 11.5 Å². The molecule has 0 saturated heterocycles. The van der Waals surface area contributed by atoms with Crippen molar-refractivity contribution in [2.75, 3.05) is 20.0 Å². The number of hydrazone groups is 1. The van der Waals surface area contributed by atoms with Crippen LogP contribution < -0.4 is 14.9 Å². The van der Waals surface area contributed by atoms with Crippen LogP contribution in [0.1, 0.15) is 5.56 Å². The highest BCUT2D eigenvalue weighted by molar-refractivity contribution is 7.99. The Morgan fingerprint density at radius 1 is 0.971 bits per heavy atom. The minimum Gasteiger partial charge on any atom is -0.493 e. The standard InChI is InChI=1S/C25H23N5O3S/c1-32-21-14-13-19(15-22(21)33-2)24-28-29-25(30(24)20-11-7-4-8-12-20)34-17-23(31)27-26-16-18-9-5-3-6-10-18/h3-16H,17H2,1-2H3,(H,27,31). The number of carbonyl (C=O) groups is 1. The fourth-order valence-electron chi connectivity index (χ4n) is 3.22. The third-order valence-corrected chi connectivity index (χ3v) is 5.75. The molecule has 9 heteroatoms. The second-order valence-electron chi connectivity index (χ2n) is 7.04. The molecule has 0 unspecified atom stereocenters. The van der Waals surface area contributed by atoms with Gasteiger partial charge in [-0.1, -0.05) is 60.3 Å². The van der Waals surface area contributed by atoms with E-state index < -0.39 is 0 Å². The molecular formula is C25H23N5O3S. The second kappa shape index (κ2) is 11.2. The van der Waals surface area contributed by atoms with Crippen molar-refractivity contribution < 1.29 is 14.3 Å². The van der Waals surface area contributed by atoms with Crippen molar-refractivity contribution in [1.82, 2.24) is 20.2 Å². The summed E-state index contributed by atoms with van der Waals surface area (Å²) < 4.78 is 12.7. The summed E-state index contributed by atoms with van der Waals surface area (Å²) in [5.41, 5.74) is 5.13. The molecule has 1 amide bonds. The first kappa shape index (κ1) is 23.1. The van der Waals surface area contributed by atoms with Gasteiger partial charge in [0.1, 0.15) is 0 Å². The van der Waals surface area contributed by atoms with E-state index in [0.717, 1.165) is 16.8 Å². The van der Waals surface area contributed by atoms with E-state index in [9.17, 15) is 4.79 Å². The fraction of sp³-hybridized carbons (Fsp3) is 0.120. The summed E-state index contributed by atoms with van der Waals surface area (Å²) in [6, 6.07) is 24.8. The van der Waals surface area contributed by atoms with Crippen LogP contribution >= 0.6 is 11.8 Å². The van der Waals surface area contributed by atoms with Crippen molar-refractivity contribution in [2.24, 2.45) is 5.10 Å². The third-order valence-electron chi connectivity index (χ3n) is 4.82. The van der Waals surface area contributed by atoms with E-state index in [0.29, 0.717) is 22.5 Å². The zero-order valence-electron chi connectivity index (χ0n) is 18.7. The lowest BCUT2D eigenvalue weighted by molar-refractivity contribution is -0.118. The van der Waals surface area contributed by atoms with Gasteiger partial charge in [-0.25, -0.2) is 5.43 Å². The van der Waals surface area contributed by atoms with Gasteiger partial charge in [-0.2, -0.15) is 5.10 Å². The number of carbonyl (C=O) groups excluding carboxylic acids is 1. The van der Waals surface area contributed by atoms with Gasteiger partial charge in [0.05, 0.1) is 26.2 Å². The first-order valence-corrected chi connectivity index (χ1v) is 11.4. The van der Waals surface area contributed by atoms with Gasteiger partial charge in [-0.3, -0.25) is 9.36 Å². The number of nitrogens with zero attached hydrogens (tertiary/aromatic N) is 4. The number of nitrogens with one attached hydrogen (secondary N) is 1. The van der Waals surface area contributed by atoms with Crippen molar-refractivity contribution in [3.05, 3.63) is 84.4 Å². The number of para-hydroxylation sites is 1. The van der Waals surface area contributed by atoms with Crippen LogP contribution in [0.4, 0.5) is 0 Å². The van der Waals surface area contributed by atoms with E-state index >= 15 is 0 Å². The molecule has 3 aromatic carbocycles. The highest BCUT2D eigenvalue weighted by atomic mass is 32.2. The molecule has 0 aliphatic rings. The lowest BCUT2D eigenvalue weighted by Crippen LogP contribution is -2.20. The van der Waals surface area contributed by atoms with Gasteiger partial charge >= 0.3 is 0 Å². The van der Waals surface area contributed by atoms with Gasteiger partial charge in [-0.05, 0) is 35.9 Å². The first-order chi connectivity index (χ1) is 16.7. The predicted octanol–water partition coefficient (Wildman–Crippen LogP) is 4.19.